The average Bonchev–Trinajstić information content (AvgIpc) is 3.23. The topological polar surface area (TPSA) is 63.5 Å². The van der Waals surface area contributed by atoms with Gasteiger partial charge in [-0.3, -0.25) is 4.79 Å². The van der Waals surface area contributed by atoms with E-state index in [1.807, 2.05) is 60.4 Å². The van der Waals surface area contributed by atoms with Crippen LogP contribution in [0.4, 0.5) is 5.69 Å². The van der Waals surface area contributed by atoms with Gasteiger partial charge in [-0.25, -0.2) is 4.68 Å². The number of aromatic nitrogens is 3. The molecular weight excluding hydrogens is 366 g/mol. The van der Waals surface area contributed by atoms with E-state index in [4.69, 9.17) is 4.74 Å². The van der Waals surface area contributed by atoms with E-state index < -0.39 is 0 Å². The average molecular weight is 391 g/mol. The highest BCUT2D eigenvalue weighted by molar-refractivity contribution is 5.92. The number of carbonyl (C=O) groups excluding carboxylic acids is 1. The van der Waals surface area contributed by atoms with Crippen LogP contribution in [0.2, 0.25) is 0 Å². The van der Waals surface area contributed by atoms with E-state index in [9.17, 15) is 4.79 Å². The first-order chi connectivity index (χ1) is 14.2. The van der Waals surface area contributed by atoms with Crippen LogP contribution in [0, 0.1) is 0 Å². The molecule has 0 bridgehead atoms. The molecule has 0 unspecified atom stereocenters. The molecular formula is C22H25N5O2. The van der Waals surface area contributed by atoms with Crippen molar-refractivity contribution in [3.63, 3.8) is 0 Å². The molecule has 0 spiro atoms. The van der Waals surface area contributed by atoms with Gasteiger partial charge in [-0.1, -0.05) is 47.7 Å². The molecule has 0 radical (unpaired) electrons. The number of amides is 1. The van der Waals surface area contributed by atoms with Crippen molar-refractivity contribution in [3.8, 4) is 5.75 Å². The molecule has 1 aliphatic heterocycles. The number of nitrogens with zero attached hydrogens (tertiary/aromatic N) is 5. The lowest BCUT2D eigenvalue weighted by Crippen LogP contribution is -2.49. The van der Waals surface area contributed by atoms with Crippen LogP contribution >= 0.6 is 0 Å². The van der Waals surface area contributed by atoms with Gasteiger partial charge in [0.2, 0.25) is 0 Å². The summed E-state index contributed by atoms with van der Waals surface area (Å²) in [7, 11) is 0. The van der Waals surface area contributed by atoms with E-state index in [0.717, 1.165) is 30.1 Å². The second-order valence-electron chi connectivity index (χ2n) is 6.97. The Morgan fingerprint density at radius 2 is 1.72 bits per heavy atom. The molecule has 3 aromatic rings. The quantitative estimate of drug-likeness (QED) is 0.647. The zero-order chi connectivity index (χ0) is 20.1. The second kappa shape index (κ2) is 8.77. The van der Waals surface area contributed by atoms with Crippen LogP contribution in [0.1, 0.15) is 23.0 Å². The lowest BCUT2D eigenvalue weighted by Gasteiger charge is -2.36. The van der Waals surface area contributed by atoms with Gasteiger partial charge in [0, 0.05) is 26.2 Å². The van der Waals surface area contributed by atoms with Gasteiger partial charge in [0.05, 0.1) is 25.0 Å². The van der Waals surface area contributed by atoms with Gasteiger partial charge in [-0.15, -0.1) is 5.10 Å². The van der Waals surface area contributed by atoms with Crippen molar-refractivity contribution in [2.24, 2.45) is 0 Å². The first kappa shape index (κ1) is 19.0. The lowest BCUT2D eigenvalue weighted by molar-refractivity contribution is 0.0740. The first-order valence-electron chi connectivity index (χ1n) is 9.94. The van der Waals surface area contributed by atoms with Crippen LogP contribution in [-0.2, 0) is 6.54 Å². The molecule has 4 rings (SSSR count). The monoisotopic (exact) mass is 391 g/mol. The molecule has 0 aliphatic carbocycles. The van der Waals surface area contributed by atoms with Gasteiger partial charge in [-0.05, 0) is 24.6 Å². The van der Waals surface area contributed by atoms with Crippen LogP contribution in [0.5, 0.6) is 5.75 Å². The number of carbonyl (C=O) groups is 1. The summed E-state index contributed by atoms with van der Waals surface area (Å²) < 4.78 is 7.45. The van der Waals surface area contributed by atoms with E-state index >= 15 is 0 Å². The molecule has 1 aliphatic rings. The molecule has 1 fully saturated rings. The highest BCUT2D eigenvalue weighted by Crippen LogP contribution is 2.28. The van der Waals surface area contributed by atoms with Crippen LogP contribution in [-0.4, -0.2) is 58.6 Å². The third kappa shape index (κ3) is 4.39. The normalized spacial score (nSPS) is 14.1. The van der Waals surface area contributed by atoms with Gasteiger partial charge in [0.25, 0.3) is 5.91 Å². The van der Waals surface area contributed by atoms with Crippen molar-refractivity contribution < 1.29 is 9.53 Å². The van der Waals surface area contributed by atoms with Crippen molar-refractivity contribution >= 4 is 11.6 Å². The Kier molecular flexibility index (Phi) is 5.74. The Hall–Kier alpha value is -3.35. The Morgan fingerprint density at radius 1 is 1.00 bits per heavy atom. The maximum absolute atomic E-state index is 12.8. The molecule has 0 saturated carbocycles. The van der Waals surface area contributed by atoms with Crippen LogP contribution < -0.4 is 9.64 Å². The summed E-state index contributed by atoms with van der Waals surface area (Å²) in [6.45, 7) is 6.02. The molecule has 150 valence electrons. The SMILES string of the molecule is CCOc1ccccc1N1CCN(C(=O)c2cn(Cc3ccccc3)nn2)CC1. The molecule has 7 nitrogen and oxygen atoms in total. The van der Waals surface area contributed by atoms with E-state index in [2.05, 4.69) is 21.3 Å². The molecule has 1 aromatic heterocycles. The van der Waals surface area contributed by atoms with Crippen molar-refractivity contribution in [1.82, 2.24) is 19.9 Å². The van der Waals surface area contributed by atoms with E-state index in [-0.39, 0.29) is 5.91 Å². The minimum Gasteiger partial charge on any atom is -0.492 e. The van der Waals surface area contributed by atoms with Crippen molar-refractivity contribution in [2.45, 2.75) is 13.5 Å². The summed E-state index contributed by atoms with van der Waals surface area (Å²) in [4.78, 5) is 17.0. The van der Waals surface area contributed by atoms with E-state index in [0.29, 0.717) is 31.9 Å². The predicted molar refractivity (Wildman–Crippen MR) is 111 cm³/mol. The number of benzene rings is 2. The summed E-state index contributed by atoms with van der Waals surface area (Å²) in [5.41, 5.74) is 2.59. The molecule has 1 amide bonds. The predicted octanol–water partition coefficient (Wildman–Crippen LogP) is 2.69. The second-order valence-corrected chi connectivity index (χ2v) is 6.97. The molecule has 1 saturated heterocycles. The number of para-hydroxylation sites is 2. The summed E-state index contributed by atoms with van der Waals surface area (Å²) in [6.07, 6.45) is 1.73. The molecule has 0 N–H and O–H groups in total. The lowest BCUT2D eigenvalue weighted by atomic mass is 10.2. The number of hydrogen-bond donors (Lipinski definition) is 0. The van der Waals surface area contributed by atoms with Crippen molar-refractivity contribution in [3.05, 3.63) is 72.1 Å². The fourth-order valence-corrected chi connectivity index (χ4v) is 3.55. The summed E-state index contributed by atoms with van der Waals surface area (Å²) >= 11 is 0. The molecule has 7 heteroatoms. The Bertz CT molecular complexity index is 949. The van der Waals surface area contributed by atoms with Crippen LogP contribution in [0.3, 0.4) is 0 Å². The Labute approximate surface area is 170 Å². The smallest absolute Gasteiger partial charge is 0.276 e. The van der Waals surface area contributed by atoms with Gasteiger partial charge >= 0.3 is 0 Å². The van der Waals surface area contributed by atoms with Crippen LogP contribution in [0.15, 0.2) is 60.8 Å². The summed E-state index contributed by atoms with van der Waals surface area (Å²) in [5.74, 6) is 0.820. The zero-order valence-electron chi connectivity index (χ0n) is 16.6. The maximum atomic E-state index is 12.8. The minimum atomic E-state index is -0.0675. The Balaban J connectivity index is 1.37. The number of ether oxygens (including phenoxy) is 1. The van der Waals surface area contributed by atoms with Gasteiger partial charge < -0.3 is 14.5 Å². The highest BCUT2D eigenvalue weighted by Gasteiger charge is 2.25. The fraction of sp³-hybridized carbons (Fsp3) is 0.318. The van der Waals surface area contributed by atoms with Gasteiger partial charge in [0.15, 0.2) is 5.69 Å². The van der Waals surface area contributed by atoms with Crippen molar-refractivity contribution in [2.75, 3.05) is 37.7 Å². The summed E-state index contributed by atoms with van der Waals surface area (Å²) in [6, 6.07) is 18.1. The van der Waals surface area contributed by atoms with Crippen LogP contribution in [0.25, 0.3) is 0 Å². The number of anilines is 1. The molecule has 2 aromatic carbocycles. The number of rotatable bonds is 6. The Morgan fingerprint density at radius 3 is 2.48 bits per heavy atom. The van der Waals surface area contributed by atoms with E-state index in [1.54, 1.807) is 10.9 Å². The third-order valence-electron chi connectivity index (χ3n) is 5.02. The van der Waals surface area contributed by atoms with Gasteiger partial charge in [-0.2, -0.15) is 0 Å². The minimum absolute atomic E-state index is 0.0675. The van der Waals surface area contributed by atoms with Crippen molar-refractivity contribution in [1.29, 1.82) is 0 Å². The molecule has 29 heavy (non-hydrogen) atoms. The number of hydrogen-bond acceptors (Lipinski definition) is 5. The fourth-order valence-electron chi connectivity index (χ4n) is 3.55. The molecule has 2 heterocycles. The standard InChI is InChI=1S/C22H25N5O2/c1-2-29-21-11-7-6-10-20(21)25-12-14-26(15-13-25)22(28)19-17-27(24-23-19)16-18-8-4-3-5-9-18/h3-11,17H,2,12-16H2,1H3. The third-order valence-corrected chi connectivity index (χ3v) is 5.02. The molecule has 0 atom stereocenters. The number of piperazine rings is 1. The first-order valence-corrected chi connectivity index (χ1v) is 9.94. The zero-order valence-corrected chi connectivity index (χ0v) is 16.6. The maximum Gasteiger partial charge on any atom is 0.276 e. The largest absolute Gasteiger partial charge is 0.492 e. The summed E-state index contributed by atoms with van der Waals surface area (Å²) in [5, 5.41) is 8.21. The highest BCUT2D eigenvalue weighted by atomic mass is 16.5. The van der Waals surface area contributed by atoms with Gasteiger partial charge in [0.1, 0.15) is 5.75 Å². The van der Waals surface area contributed by atoms with E-state index in [1.165, 1.54) is 0 Å².